The van der Waals surface area contributed by atoms with Crippen LogP contribution in [0.3, 0.4) is 0 Å². The number of thiophene rings is 1. The highest BCUT2D eigenvalue weighted by atomic mass is 32.1. The zero-order valence-electron chi connectivity index (χ0n) is 11.6. The van der Waals surface area contributed by atoms with E-state index in [-0.39, 0.29) is 6.42 Å². The minimum Gasteiger partial charge on any atom is -0.481 e. The molecule has 7 heteroatoms. The van der Waals surface area contributed by atoms with Gasteiger partial charge in [0, 0.05) is 11.3 Å². The van der Waals surface area contributed by atoms with Crippen molar-refractivity contribution in [2.45, 2.75) is 39.0 Å². The zero-order chi connectivity index (χ0) is 14.6. The summed E-state index contributed by atoms with van der Waals surface area (Å²) < 4.78 is 1.75. The maximum Gasteiger partial charge on any atom is 0.303 e. The quantitative estimate of drug-likeness (QED) is 0.802. The van der Waals surface area contributed by atoms with E-state index < -0.39 is 5.97 Å². The van der Waals surface area contributed by atoms with E-state index in [1.807, 2.05) is 6.92 Å². The second kappa shape index (κ2) is 4.49. The average molecular weight is 302 g/mol. The molecular formula is C14H14N4O2S. The molecule has 0 aromatic carbocycles. The predicted octanol–water partition coefficient (Wildman–Crippen LogP) is 2.15. The Morgan fingerprint density at radius 2 is 2.24 bits per heavy atom. The second-order valence-electron chi connectivity index (χ2n) is 5.35. The van der Waals surface area contributed by atoms with Gasteiger partial charge in [0.15, 0.2) is 11.5 Å². The van der Waals surface area contributed by atoms with Crippen LogP contribution in [0.2, 0.25) is 0 Å². The number of fused-ring (bicyclic) bond motifs is 5. The summed E-state index contributed by atoms with van der Waals surface area (Å²) in [6.45, 7) is 1.91. The lowest BCUT2D eigenvalue weighted by molar-refractivity contribution is -0.137. The van der Waals surface area contributed by atoms with E-state index >= 15 is 0 Å². The third-order valence-electron chi connectivity index (χ3n) is 3.91. The lowest BCUT2D eigenvalue weighted by Gasteiger charge is -1.99. The Labute approximate surface area is 124 Å². The van der Waals surface area contributed by atoms with Gasteiger partial charge in [-0.1, -0.05) is 0 Å². The summed E-state index contributed by atoms with van der Waals surface area (Å²) in [6, 6.07) is 0. The monoisotopic (exact) mass is 302 g/mol. The van der Waals surface area contributed by atoms with E-state index in [0.717, 1.165) is 34.5 Å². The number of aromatic nitrogens is 4. The van der Waals surface area contributed by atoms with Gasteiger partial charge in [-0.25, -0.2) is 9.97 Å². The molecule has 3 aromatic heterocycles. The van der Waals surface area contributed by atoms with E-state index in [2.05, 4.69) is 15.1 Å². The minimum atomic E-state index is -0.828. The van der Waals surface area contributed by atoms with Crippen molar-refractivity contribution in [1.82, 2.24) is 19.6 Å². The van der Waals surface area contributed by atoms with Crippen molar-refractivity contribution in [2.24, 2.45) is 0 Å². The van der Waals surface area contributed by atoms with Gasteiger partial charge in [0.25, 0.3) is 0 Å². The van der Waals surface area contributed by atoms with Crippen molar-refractivity contribution in [2.75, 3.05) is 0 Å². The van der Waals surface area contributed by atoms with Crippen molar-refractivity contribution in [3.63, 3.8) is 0 Å². The van der Waals surface area contributed by atoms with Crippen LogP contribution in [-0.2, 0) is 24.1 Å². The number of aliphatic carboxylic acids is 1. The Morgan fingerprint density at radius 3 is 3.05 bits per heavy atom. The summed E-state index contributed by atoms with van der Waals surface area (Å²) in [5.74, 6) is 0.546. The maximum absolute atomic E-state index is 10.7. The fourth-order valence-corrected chi connectivity index (χ4v) is 4.26. The molecule has 1 aliphatic rings. The Kier molecular flexibility index (Phi) is 2.72. The van der Waals surface area contributed by atoms with Crippen molar-refractivity contribution in [3.05, 3.63) is 22.1 Å². The van der Waals surface area contributed by atoms with Crippen molar-refractivity contribution < 1.29 is 9.90 Å². The molecule has 4 rings (SSSR count). The predicted molar refractivity (Wildman–Crippen MR) is 78.9 cm³/mol. The molecule has 3 aromatic rings. The van der Waals surface area contributed by atoms with Crippen LogP contribution in [0.25, 0.3) is 15.9 Å². The first-order valence-electron chi connectivity index (χ1n) is 7.02. The topological polar surface area (TPSA) is 80.4 Å². The molecule has 0 atom stereocenters. The van der Waals surface area contributed by atoms with Gasteiger partial charge in [-0.15, -0.1) is 16.4 Å². The highest BCUT2D eigenvalue weighted by Crippen LogP contribution is 2.38. The standard InChI is InChI=1S/C14H14N4O2S/c1-7-15-14-12(8-3-2-4-9(8)21-14)13-16-10(17-18(7)13)5-6-11(19)20/h2-6H2,1H3,(H,19,20). The van der Waals surface area contributed by atoms with Crippen molar-refractivity contribution in [3.8, 4) is 0 Å². The molecule has 1 N–H and O–H groups in total. The van der Waals surface area contributed by atoms with Crippen LogP contribution in [0, 0.1) is 6.92 Å². The Morgan fingerprint density at radius 1 is 1.38 bits per heavy atom. The lowest BCUT2D eigenvalue weighted by atomic mass is 10.2. The number of hydrogen-bond acceptors (Lipinski definition) is 5. The highest BCUT2D eigenvalue weighted by Gasteiger charge is 2.22. The molecule has 0 spiro atoms. The van der Waals surface area contributed by atoms with E-state index in [4.69, 9.17) is 5.11 Å². The summed E-state index contributed by atoms with van der Waals surface area (Å²) >= 11 is 1.76. The molecule has 1 aliphatic carbocycles. The van der Waals surface area contributed by atoms with E-state index in [9.17, 15) is 4.79 Å². The number of carbonyl (C=O) groups is 1. The first-order chi connectivity index (χ1) is 10.1. The van der Waals surface area contributed by atoms with Crippen LogP contribution in [-0.4, -0.2) is 30.7 Å². The lowest BCUT2D eigenvalue weighted by Crippen LogP contribution is -2.00. The van der Waals surface area contributed by atoms with Crippen LogP contribution in [0.5, 0.6) is 0 Å². The fraction of sp³-hybridized carbons (Fsp3) is 0.429. The number of hydrogen-bond donors (Lipinski definition) is 1. The fourth-order valence-electron chi connectivity index (χ4n) is 2.96. The van der Waals surface area contributed by atoms with Crippen molar-refractivity contribution in [1.29, 1.82) is 0 Å². The van der Waals surface area contributed by atoms with E-state index in [1.165, 1.54) is 16.9 Å². The van der Waals surface area contributed by atoms with Gasteiger partial charge >= 0.3 is 5.97 Å². The van der Waals surface area contributed by atoms with Gasteiger partial charge in [-0.2, -0.15) is 4.52 Å². The molecule has 0 saturated carbocycles. The van der Waals surface area contributed by atoms with E-state index in [0.29, 0.717) is 12.2 Å². The van der Waals surface area contributed by atoms with Gasteiger partial charge in [-0.3, -0.25) is 4.79 Å². The number of rotatable bonds is 3. The summed E-state index contributed by atoms with van der Waals surface area (Å²) in [6.07, 6.45) is 3.80. The summed E-state index contributed by atoms with van der Waals surface area (Å²) in [4.78, 5) is 22.4. The molecule has 0 aliphatic heterocycles. The van der Waals surface area contributed by atoms with Crippen molar-refractivity contribution >= 4 is 33.2 Å². The molecule has 6 nitrogen and oxygen atoms in total. The molecule has 0 unspecified atom stereocenters. The maximum atomic E-state index is 10.7. The number of carboxylic acid groups (broad SMARTS) is 1. The average Bonchev–Trinajstić information content (AvgIpc) is 3.08. The van der Waals surface area contributed by atoms with Crippen LogP contribution >= 0.6 is 11.3 Å². The first kappa shape index (κ1) is 12.7. The Bertz CT molecular complexity index is 880. The third kappa shape index (κ3) is 1.91. The van der Waals surface area contributed by atoms with Gasteiger partial charge in [0.1, 0.15) is 10.7 Å². The molecule has 0 amide bonds. The van der Waals surface area contributed by atoms with Gasteiger partial charge < -0.3 is 5.11 Å². The highest BCUT2D eigenvalue weighted by molar-refractivity contribution is 7.19. The minimum absolute atomic E-state index is 0.0498. The normalized spacial score (nSPS) is 14.1. The molecule has 3 heterocycles. The summed E-state index contributed by atoms with van der Waals surface area (Å²) in [7, 11) is 0. The largest absolute Gasteiger partial charge is 0.481 e. The molecule has 108 valence electrons. The molecule has 0 fully saturated rings. The Balaban J connectivity index is 1.93. The van der Waals surface area contributed by atoms with Gasteiger partial charge in [-0.05, 0) is 31.7 Å². The molecular weight excluding hydrogens is 288 g/mol. The third-order valence-corrected chi connectivity index (χ3v) is 5.10. The van der Waals surface area contributed by atoms with E-state index in [1.54, 1.807) is 15.9 Å². The number of carboxylic acids is 1. The zero-order valence-corrected chi connectivity index (χ0v) is 12.4. The molecule has 0 radical (unpaired) electrons. The smallest absolute Gasteiger partial charge is 0.303 e. The van der Waals surface area contributed by atoms with Crippen LogP contribution in [0.1, 0.15) is 34.9 Å². The van der Waals surface area contributed by atoms with Gasteiger partial charge in [0.2, 0.25) is 0 Å². The molecule has 0 saturated heterocycles. The van der Waals surface area contributed by atoms with Crippen LogP contribution < -0.4 is 0 Å². The first-order valence-corrected chi connectivity index (χ1v) is 7.83. The molecule has 21 heavy (non-hydrogen) atoms. The Hall–Kier alpha value is -2.02. The second-order valence-corrected chi connectivity index (χ2v) is 6.44. The summed E-state index contributed by atoms with van der Waals surface area (Å²) in [5.41, 5.74) is 2.20. The van der Waals surface area contributed by atoms with Crippen LogP contribution in [0.4, 0.5) is 0 Å². The number of aryl methyl sites for hydroxylation is 4. The molecule has 0 bridgehead atoms. The summed E-state index contributed by atoms with van der Waals surface area (Å²) in [5, 5.41) is 14.3. The number of nitrogens with zero attached hydrogens (tertiary/aromatic N) is 4. The van der Waals surface area contributed by atoms with Gasteiger partial charge in [0.05, 0.1) is 11.8 Å². The van der Waals surface area contributed by atoms with Crippen LogP contribution in [0.15, 0.2) is 0 Å². The SMILES string of the molecule is Cc1nc2sc3c(c2c2nc(CCC(=O)O)nn12)CCC3.